The average Bonchev–Trinajstić information content (AvgIpc) is 2.82. The largest absolute Gasteiger partial charge is 0.345 e. The van der Waals surface area contributed by atoms with Crippen LogP contribution in [-0.2, 0) is 22.9 Å². The number of hydrogen-bond acceptors (Lipinski definition) is 3. The summed E-state index contributed by atoms with van der Waals surface area (Å²) in [5.41, 5.74) is 5.15. The van der Waals surface area contributed by atoms with Crippen LogP contribution in [0.4, 0.5) is 0 Å². The van der Waals surface area contributed by atoms with Gasteiger partial charge in [-0.05, 0) is 86.3 Å². The highest BCUT2D eigenvalue weighted by atomic mass is 32.2. The predicted octanol–water partition coefficient (Wildman–Crippen LogP) is 4.93. The first-order chi connectivity index (χ1) is 15.4. The molecule has 32 heavy (non-hydrogen) atoms. The van der Waals surface area contributed by atoms with Gasteiger partial charge in [-0.3, -0.25) is 4.79 Å². The van der Waals surface area contributed by atoms with Gasteiger partial charge in [-0.2, -0.15) is 4.31 Å². The Bertz CT molecular complexity index is 1090. The maximum atomic E-state index is 13.2. The van der Waals surface area contributed by atoms with Crippen LogP contribution in [-0.4, -0.2) is 31.7 Å². The van der Waals surface area contributed by atoms with Gasteiger partial charge in [-0.1, -0.05) is 37.6 Å². The van der Waals surface area contributed by atoms with Gasteiger partial charge in [0.25, 0.3) is 5.91 Å². The molecule has 0 aromatic heterocycles. The Labute approximate surface area is 192 Å². The molecule has 1 aliphatic heterocycles. The number of rotatable bonds is 6. The normalized spacial score (nSPS) is 18.1. The fraction of sp³-hybridized carbons (Fsp3) is 0.500. The second-order valence-corrected chi connectivity index (χ2v) is 11.0. The van der Waals surface area contributed by atoms with Crippen LogP contribution in [0.3, 0.4) is 0 Å². The summed E-state index contributed by atoms with van der Waals surface area (Å²) in [6.45, 7) is 5.02. The van der Waals surface area contributed by atoms with Gasteiger partial charge in [0, 0.05) is 18.7 Å². The highest BCUT2D eigenvalue weighted by Gasteiger charge is 2.27. The molecule has 2 aliphatic rings. The van der Waals surface area contributed by atoms with Crippen LogP contribution in [0.25, 0.3) is 0 Å². The molecular formula is C26H34N2O3S. The van der Waals surface area contributed by atoms with E-state index < -0.39 is 10.0 Å². The standard InChI is InChI=1S/C26H34N2O3S/c1-3-25(22-13-12-20-9-5-6-10-21(20)17-22)27-26(29)24-18-23(14-11-19(24)2)32(30,31)28-15-7-4-8-16-28/h11-14,17-18,25H,3-10,15-16H2,1-2H3,(H,27,29)/t25-/m1/s1. The molecule has 1 saturated heterocycles. The van der Waals surface area contributed by atoms with Crippen molar-refractivity contribution in [3.8, 4) is 0 Å². The number of carbonyl (C=O) groups excluding carboxylic acids is 1. The van der Waals surface area contributed by atoms with E-state index in [2.05, 4.69) is 30.4 Å². The molecule has 0 bridgehead atoms. The van der Waals surface area contributed by atoms with Crippen LogP contribution in [0.1, 0.15) is 84.1 Å². The molecule has 1 heterocycles. The van der Waals surface area contributed by atoms with Crippen molar-refractivity contribution in [3.63, 3.8) is 0 Å². The smallest absolute Gasteiger partial charge is 0.252 e. The van der Waals surface area contributed by atoms with Crippen LogP contribution in [0.5, 0.6) is 0 Å². The summed E-state index contributed by atoms with van der Waals surface area (Å²) in [6.07, 6.45) is 8.31. The van der Waals surface area contributed by atoms with Crippen LogP contribution in [0.2, 0.25) is 0 Å². The fourth-order valence-electron chi connectivity index (χ4n) is 4.89. The molecular weight excluding hydrogens is 420 g/mol. The van der Waals surface area contributed by atoms with E-state index in [1.54, 1.807) is 22.5 Å². The van der Waals surface area contributed by atoms with Crippen LogP contribution in [0, 0.1) is 6.92 Å². The van der Waals surface area contributed by atoms with Crippen LogP contribution >= 0.6 is 0 Å². The summed E-state index contributed by atoms with van der Waals surface area (Å²) in [6, 6.07) is 11.4. The van der Waals surface area contributed by atoms with E-state index in [0.29, 0.717) is 18.7 Å². The molecule has 172 valence electrons. The lowest BCUT2D eigenvalue weighted by atomic mass is 9.88. The summed E-state index contributed by atoms with van der Waals surface area (Å²) in [7, 11) is -3.58. The third-order valence-electron chi connectivity index (χ3n) is 6.89. The molecule has 1 amide bonds. The summed E-state index contributed by atoms with van der Waals surface area (Å²) in [5, 5.41) is 3.16. The molecule has 2 aromatic carbocycles. The Morgan fingerprint density at radius 2 is 1.69 bits per heavy atom. The zero-order valence-corrected chi connectivity index (χ0v) is 20.0. The lowest BCUT2D eigenvalue weighted by molar-refractivity contribution is 0.0934. The van der Waals surface area contributed by atoms with Crippen LogP contribution in [0.15, 0.2) is 41.3 Å². The Kier molecular flexibility index (Phi) is 7.01. The number of sulfonamides is 1. The molecule has 2 aromatic rings. The Morgan fingerprint density at radius 1 is 0.969 bits per heavy atom. The average molecular weight is 455 g/mol. The number of piperidine rings is 1. The molecule has 1 atom stereocenters. The van der Waals surface area contributed by atoms with Crippen molar-refractivity contribution in [2.45, 2.75) is 76.2 Å². The second kappa shape index (κ2) is 9.75. The highest BCUT2D eigenvalue weighted by molar-refractivity contribution is 7.89. The highest BCUT2D eigenvalue weighted by Crippen LogP contribution is 2.27. The lowest BCUT2D eigenvalue weighted by Gasteiger charge is -2.26. The van der Waals surface area contributed by atoms with Crippen molar-refractivity contribution in [1.82, 2.24) is 9.62 Å². The maximum Gasteiger partial charge on any atom is 0.252 e. The zero-order chi connectivity index (χ0) is 22.7. The maximum absolute atomic E-state index is 13.2. The predicted molar refractivity (Wildman–Crippen MR) is 127 cm³/mol. The zero-order valence-electron chi connectivity index (χ0n) is 19.2. The van der Waals surface area contributed by atoms with Crippen molar-refractivity contribution < 1.29 is 13.2 Å². The van der Waals surface area contributed by atoms with E-state index in [1.807, 2.05) is 6.92 Å². The first kappa shape index (κ1) is 23.0. The number of aryl methyl sites for hydroxylation is 3. The van der Waals surface area contributed by atoms with Gasteiger partial charge < -0.3 is 5.32 Å². The van der Waals surface area contributed by atoms with Crippen molar-refractivity contribution in [3.05, 3.63) is 64.2 Å². The summed E-state index contributed by atoms with van der Waals surface area (Å²) in [5.74, 6) is -0.220. The molecule has 5 nitrogen and oxygen atoms in total. The number of nitrogens with one attached hydrogen (secondary N) is 1. The minimum absolute atomic E-state index is 0.100. The minimum atomic E-state index is -3.58. The van der Waals surface area contributed by atoms with Gasteiger partial charge in [-0.25, -0.2) is 8.42 Å². The molecule has 1 fully saturated rings. The van der Waals surface area contributed by atoms with Crippen molar-refractivity contribution >= 4 is 15.9 Å². The van der Waals surface area contributed by atoms with Crippen LogP contribution < -0.4 is 5.32 Å². The quantitative estimate of drug-likeness (QED) is 0.673. The van der Waals surface area contributed by atoms with Gasteiger partial charge in [0.15, 0.2) is 0 Å². The molecule has 0 radical (unpaired) electrons. The topological polar surface area (TPSA) is 66.5 Å². The number of carbonyl (C=O) groups is 1. The molecule has 0 spiro atoms. The van der Waals surface area contributed by atoms with Gasteiger partial charge in [-0.15, -0.1) is 0 Å². The number of benzene rings is 2. The number of nitrogens with zero attached hydrogens (tertiary/aromatic N) is 1. The Morgan fingerprint density at radius 3 is 2.41 bits per heavy atom. The summed E-state index contributed by atoms with van der Waals surface area (Å²) < 4.78 is 27.8. The number of hydrogen-bond donors (Lipinski definition) is 1. The molecule has 1 N–H and O–H groups in total. The SMILES string of the molecule is CC[C@@H](NC(=O)c1cc(S(=O)(=O)N2CCCCC2)ccc1C)c1ccc2c(c1)CCCC2. The third kappa shape index (κ3) is 4.76. The van der Waals surface area contributed by atoms with Gasteiger partial charge in [0.05, 0.1) is 10.9 Å². The van der Waals surface area contributed by atoms with Gasteiger partial charge >= 0.3 is 0 Å². The monoisotopic (exact) mass is 454 g/mol. The second-order valence-electron chi connectivity index (χ2n) is 9.11. The van der Waals surface area contributed by atoms with E-state index in [9.17, 15) is 13.2 Å². The minimum Gasteiger partial charge on any atom is -0.345 e. The van der Waals surface area contributed by atoms with Crippen molar-refractivity contribution in [2.75, 3.05) is 13.1 Å². The van der Waals surface area contributed by atoms with E-state index in [1.165, 1.54) is 24.0 Å². The van der Waals surface area contributed by atoms with E-state index in [4.69, 9.17) is 0 Å². The molecule has 4 rings (SSSR count). The summed E-state index contributed by atoms with van der Waals surface area (Å²) >= 11 is 0. The molecule has 1 aliphatic carbocycles. The Balaban J connectivity index is 1.56. The Hall–Kier alpha value is -2.18. The number of amides is 1. The van der Waals surface area contributed by atoms with E-state index in [-0.39, 0.29) is 16.8 Å². The summed E-state index contributed by atoms with van der Waals surface area (Å²) in [4.78, 5) is 13.4. The molecule has 0 unspecified atom stereocenters. The first-order valence-corrected chi connectivity index (χ1v) is 13.4. The number of fused-ring (bicyclic) bond motifs is 1. The first-order valence-electron chi connectivity index (χ1n) is 11.9. The van der Waals surface area contributed by atoms with Crippen molar-refractivity contribution in [2.24, 2.45) is 0 Å². The van der Waals surface area contributed by atoms with Gasteiger partial charge in [0.2, 0.25) is 10.0 Å². The molecule has 0 saturated carbocycles. The van der Waals surface area contributed by atoms with Crippen molar-refractivity contribution in [1.29, 1.82) is 0 Å². The van der Waals surface area contributed by atoms with E-state index in [0.717, 1.165) is 49.7 Å². The molecule has 6 heteroatoms. The van der Waals surface area contributed by atoms with E-state index >= 15 is 0 Å². The lowest BCUT2D eigenvalue weighted by Crippen LogP contribution is -2.36. The van der Waals surface area contributed by atoms with Gasteiger partial charge in [0.1, 0.15) is 0 Å². The fourth-order valence-corrected chi connectivity index (χ4v) is 6.43. The third-order valence-corrected chi connectivity index (χ3v) is 8.79.